The molecule has 7 heteroatoms. The van der Waals surface area contributed by atoms with E-state index in [0.29, 0.717) is 22.5 Å². The SMILES string of the molecule is O=C(Cn1cnc2ccc(Cl)cc2c1=O)N1CCSc2ccccc21. The van der Waals surface area contributed by atoms with Gasteiger partial charge in [-0.05, 0) is 30.3 Å². The lowest BCUT2D eigenvalue weighted by Gasteiger charge is -2.29. The average Bonchev–Trinajstić information content (AvgIpc) is 2.64. The molecule has 0 saturated heterocycles. The van der Waals surface area contributed by atoms with Gasteiger partial charge in [0.2, 0.25) is 5.91 Å². The molecule has 126 valence electrons. The second kappa shape index (κ2) is 6.54. The Labute approximate surface area is 153 Å². The van der Waals surface area contributed by atoms with Crippen molar-refractivity contribution in [3.63, 3.8) is 0 Å². The van der Waals surface area contributed by atoms with Crippen LogP contribution in [0.3, 0.4) is 0 Å². The molecule has 0 N–H and O–H groups in total. The monoisotopic (exact) mass is 371 g/mol. The van der Waals surface area contributed by atoms with Gasteiger partial charge in [-0.15, -0.1) is 11.8 Å². The van der Waals surface area contributed by atoms with Crippen molar-refractivity contribution in [1.29, 1.82) is 0 Å². The Morgan fingerprint density at radius 1 is 1.24 bits per heavy atom. The number of benzene rings is 2. The molecular formula is C18H14ClN3O2S. The van der Waals surface area contributed by atoms with E-state index in [1.807, 2.05) is 24.3 Å². The normalized spacial score (nSPS) is 13.7. The van der Waals surface area contributed by atoms with Gasteiger partial charge in [0.05, 0.1) is 22.9 Å². The maximum atomic E-state index is 12.8. The Bertz CT molecular complexity index is 1030. The number of rotatable bonds is 2. The molecule has 1 amide bonds. The van der Waals surface area contributed by atoms with E-state index in [9.17, 15) is 9.59 Å². The molecule has 2 heterocycles. The quantitative estimate of drug-likeness (QED) is 0.694. The van der Waals surface area contributed by atoms with Gasteiger partial charge in [0.25, 0.3) is 5.56 Å². The first-order chi connectivity index (χ1) is 12.1. The molecule has 1 aliphatic rings. The topological polar surface area (TPSA) is 55.2 Å². The number of halogens is 1. The molecular weight excluding hydrogens is 358 g/mol. The molecule has 0 bridgehead atoms. The molecule has 0 fully saturated rings. The molecule has 25 heavy (non-hydrogen) atoms. The Hall–Kier alpha value is -2.31. The largest absolute Gasteiger partial charge is 0.309 e. The third-order valence-corrected chi connectivity index (χ3v) is 5.40. The summed E-state index contributed by atoms with van der Waals surface area (Å²) < 4.78 is 1.34. The van der Waals surface area contributed by atoms with Crippen LogP contribution in [0.5, 0.6) is 0 Å². The van der Waals surface area contributed by atoms with E-state index in [1.54, 1.807) is 34.9 Å². The van der Waals surface area contributed by atoms with Crippen molar-refractivity contribution in [3.8, 4) is 0 Å². The van der Waals surface area contributed by atoms with Gasteiger partial charge >= 0.3 is 0 Å². The fourth-order valence-corrected chi connectivity index (χ4v) is 4.07. The van der Waals surface area contributed by atoms with E-state index in [-0.39, 0.29) is 18.0 Å². The van der Waals surface area contributed by atoms with Crippen molar-refractivity contribution in [2.75, 3.05) is 17.2 Å². The lowest BCUT2D eigenvalue weighted by Crippen LogP contribution is -2.39. The van der Waals surface area contributed by atoms with E-state index in [1.165, 1.54) is 10.9 Å². The molecule has 0 radical (unpaired) electrons. The number of aromatic nitrogens is 2. The molecule has 1 aliphatic heterocycles. The number of nitrogens with zero attached hydrogens (tertiary/aromatic N) is 3. The van der Waals surface area contributed by atoms with Gasteiger partial charge in [0.1, 0.15) is 6.54 Å². The zero-order valence-corrected chi connectivity index (χ0v) is 14.8. The van der Waals surface area contributed by atoms with Crippen LogP contribution in [0.4, 0.5) is 5.69 Å². The zero-order chi connectivity index (χ0) is 17.4. The summed E-state index contributed by atoms with van der Waals surface area (Å²) in [6.07, 6.45) is 1.42. The van der Waals surface area contributed by atoms with Crippen LogP contribution in [0.15, 0.2) is 58.5 Å². The van der Waals surface area contributed by atoms with Crippen molar-refractivity contribution in [3.05, 3.63) is 64.2 Å². The molecule has 0 atom stereocenters. The first kappa shape index (κ1) is 16.2. The number of hydrogen-bond donors (Lipinski definition) is 0. The molecule has 0 aliphatic carbocycles. The summed E-state index contributed by atoms with van der Waals surface area (Å²) in [7, 11) is 0. The highest BCUT2D eigenvalue weighted by Gasteiger charge is 2.23. The zero-order valence-electron chi connectivity index (χ0n) is 13.2. The number of para-hydroxylation sites is 1. The second-order valence-corrected chi connectivity index (χ2v) is 7.27. The smallest absolute Gasteiger partial charge is 0.261 e. The predicted octanol–water partition coefficient (Wildman–Crippen LogP) is 3.19. The van der Waals surface area contributed by atoms with Gasteiger partial charge in [0.15, 0.2) is 0 Å². The molecule has 5 nitrogen and oxygen atoms in total. The van der Waals surface area contributed by atoms with Crippen LogP contribution in [0.2, 0.25) is 5.02 Å². The van der Waals surface area contributed by atoms with E-state index in [4.69, 9.17) is 11.6 Å². The van der Waals surface area contributed by atoms with Crippen LogP contribution >= 0.6 is 23.4 Å². The van der Waals surface area contributed by atoms with Crippen molar-refractivity contribution in [1.82, 2.24) is 9.55 Å². The van der Waals surface area contributed by atoms with Crippen LogP contribution in [0, 0.1) is 0 Å². The number of amides is 1. The lowest BCUT2D eigenvalue weighted by molar-refractivity contribution is -0.119. The number of carbonyl (C=O) groups is 1. The van der Waals surface area contributed by atoms with Gasteiger partial charge in [0, 0.05) is 22.2 Å². The maximum absolute atomic E-state index is 12.8. The highest BCUT2D eigenvalue weighted by atomic mass is 35.5. The predicted molar refractivity (Wildman–Crippen MR) is 101 cm³/mol. The van der Waals surface area contributed by atoms with E-state index < -0.39 is 0 Å². The molecule has 2 aromatic carbocycles. The third kappa shape index (κ3) is 3.03. The molecule has 0 saturated carbocycles. The summed E-state index contributed by atoms with van der Waals surface area (Å²) in [6.45, 7) is 0.579. The minimum absolute atomic E-state index is 0.0483. The average molecular weight is 372 g/mol. The molecule has 1 aromatic heterocycles. The minimum atomic E-state index is -0.263. The molecule has 0 unspecified atom stereocenters. The van der Waals surface area contributed by atoms with Crippen molar-refractivity contribution in [2.24, 2.45) is 0 Å². The first-order valence-electron chi connectivity index (χ1n) is 7.80. The Kier molecular flexibility index (Phi) is 4.23. The molecule has 4 rings (SSSR count). The summed E-state index contributed by atoms with van der Waals surface area (Å²) in [6, 6.07) is 12.8. The van der Waals surface area contributed by atoms with Gasteiger partial charge in [-0.3, -0.25) is 14.2 Å². The number of fused-ring (bicyclic) bond motifs is 2. The Balaban J connectivity index is 1.67. The minimum Gasteiger partial charge on any atom is -0.309 e. The number of anilines is 1. The van der Waals surface area contributed by atoms with Crippen LogP contribution in [-0.2, 0) is 11.3 Å². The van der Waals surface area contributed by atoms with Gasteiger partial charge in [-0.25, -0.2) is 4.98 Å². The standard InChI is InChI=1S/C18H14ClN3O2S/c19-12-5-6-14-13(9-12)18(24)21(11-20-14)10-17(23)22-7-8-25-16-4-2-1-3-15(16)22/h1-6,9,11H,7-8,10H2. The first-order valence-corrected chi connectivity index (χ1v) is 9.17. The summed E-state index contributed by atoms with van der Waals surface area (Å²) in [5.41, 5.74) is 1.20. The summed E-state index contributed by atoms with van der Waals surface area (Å²) in [5.74, 6) is 0.710. The lowest BCUT2D eigenvalue weighted by atomic mass is 10.2. The van der Waals surface area contributed by atoms with E-state index >= 15 is 0 Å². The number of carbonyl (C=O) groups excluding carboxylic acids is 1. The van der Waals surface area contributed by atoms with E-state index in [0.717, 1.165) is 16.3 Å². The van der Waals surface area contributed by atoms with Crippen LogP contribution in [0.25, 0.3) is 10.9 Å². The van der Waals surface area contributed by atoms with Crippen molar-refractivity contribution >= 4 is 45.9 Å². The number of hydrogen-bond acceptors (Lipinski definition) is 4. The Morgan fingerprint density at radius 2 is 2.08 bits per heavy atom. The highest BCUT2D eigenvalue weighted by Crippen LogP contribution is 2.34. The number of thioether (sulfide) groups is 1. The third-order valence-electron chi connectivity index (χ3n) is 4.12. The van der Waals surface area contributed by atoms with E-state index in [2.05, 4.69) is 4.98 Å². The van der Waals surface area contributed by atoms with Crippen LogP contribution < -0.4 is 10.5 Å². The van der Waals surface area contributed by atoms with Crippen LogP contribution in [-0.4, -0.2) is 27.8 Å². The maximum Gasteiger partial charge on any atom is 0.261 e. The van der Waals surface area contributed by atoms with Crippen molar-refractivity contribution < 1.29 is 4.79 Å². The molecule has 0 spiro atoms. The summed E-state index contributed by atoms with van der Waals surface area (Å²) in [5, 5.41) is 0.884. The molecule has 3 aromatic rings. The summed E-state index contributed by atoms with van der Waals surface area (Å²) in [4.78, 5) is 32.5. The van der Waals surface area contributed by atoms with Gasteiger partial charge in [-0.1, -0.05) is 23.7 Å². The van der Waals surface area contributed by atoms with Crippen molar-refractivity contribution in [2.45, 2.75) is 11.4 Å². The summed E-state index contributed by atoms with van der Waals surface area (Å²) >= 11 is 7.71. The fraction of sp³-hybridized carbons (Fsp3) is 0.167. The van der Waals surface area contributed by atoms with Gasteiger partial charge in [-0.2, -0.15) is 0 Å². The second-order valence-electron chi connectivity index (χ2n) is 5.70. The van der Waals surface area contributed by atoms with Crippen LogP contribution in [0.1, 0.15) is 0 Å². The Morgan fingerprint density at radius 3 is 2.96 bits per heavy atom. The van der Waals surface area contributed by atoms with Gasteiger partial charge < -0.3 is 4.90 Å². The fourth-order valence-electron chi connectivity index (χ4n) is 2.90. The highest BCUT2D eigenvalue weighted by molar-refractivity contribution is 7.99.